The number of ether oxygens (including phenoxy) is 1. The summed E-state index contributed by atoms with van der Waals surface area (Å²) in [4.78, 5) is 21.6. The summed E-state index contributed by atoms with van der Waals surface area (Å²) in [6.45, 7) is 2.57. The van der Waals surface area contributed by atoms with Gasteiger partial charge in [0.15, 0.2) is 11.5 Å². The molecule has 0 bridgehead atoms. The standard InChI is InChI=1S/C23H22Cl2N4O2S/c1-3-31-17-10-12-6-4-5-7-14(12)18(17)27-22-23(32-2)29-19(20(28-22)21(26)30)15-9-8-13(24)11-16(15)25/h4-9,11,17-18H,3,10H2,1-2H3,(H2,26,30)(H,27,28)/t17-,18+/m0/s1. The molecule has 0 saturated heterocycles. The maximum absolute atomic E-state index is 12.3. The van der Waals surface area contributed by atoms with E-state index in [-0.39, 0.29) is 17.8 Å². The molecule has 0 unspecified atom stereocenters. The van der Waals surface area contributed by atoms with E-state index in [2.05, 4.69) is 22.4 Å². The maximum atomic E-state index is 12.3. The number of rotatable bonds is 7. The summed E-state index contributed by atoms with van der Waals surface area (Å²) in [5, 5.41) is 4.94. The highest BCUT2D eigenvalue weighted by Gasteiger charge is 2.34. The molecule has 0 spiro atoms. The number of carbonyl (C=O) groups excluding carboxylic acids is 1. The summed E-state index contributed by atoms with van der Waals surface area (Å²) < 4.78 is 6.00. The van der Waals surface area contributed by atoms with Gasteiger partial charge in [-0.3, -0.25) is 4.79 Å². The number of carbonyl (C=O) groups is 1. The second-order valence-electron chi connectivity index (χ2n) is 7.29. The minimum absolute atomic E-state index is 0.0359. The van der Waals surface area contributed by atoms with Crippen molar-refractivity contribution in [3.63, 3.8) is 0 Å². The predicted molar refractivity (Wildman–Crippen MR) is 130 cm³/mol. The Hall–Kier alpha value is -2.32. The monoisotopic (exact) mass is 488 g/mol. The molecule has 0 aliphatic heterocycles. The Bertz CT molecular complexity index is 1170. The number of hydrogen-bond acceptors (Lipinski definition) is 6. The zero-order valence-corrected chi connectivity index (χ0v) is 19.9. The fourth-order valence-corrected chi connectivity index (χ4v) is 4.92. The smallest absolute Gasteiger partial charge is 0.269 e. The van der Waals surface area contributed by atoms with Gasteiger partial charge in [0, 0.05) is 23.6 Å². The minimum Gasteiger partial charge on any atom is -0.376 e. The molecule has 6 nitrogen and oxygen atoms in total. The average Bonchev–Trinajstić information content (AvgIpc) is 3.11. The number of thioether (sulfide) groups is 1. The summed E-state index contributed by atoms with van der Waals surface area (Å²) >= 11 is 13.8. The van der Waals surface area contributed by atoms with Crippen LogP contribution in [0.25, 0.3) is 11.3 Å². The normalized spacial score (nSPS) is 17.2. The quantitative estimate of drug-likeness (QED) is 0.433. The molecule has 3 N–H and O–H groups in total. The third-order valence-corrected chi connectivity index (χ3v) is 6.55. The molecule has 1 aliphatic carbocycles. The van der Waals surface area contributed by atoms with Gasteiger partial charge < -0.3 is 15.8 Å². The SMILES string of the molecule is CCO[C@H]1Cc2ccccc2[C@H]1Nc1nc(C(N)=O)c(-c2ccc(Cl)cc2Cl)nc1SC. The van der Waals surface area contributed by atoms with E-state index in [1.54, 1.807) is 18.2 Å². The van der Waals surface area contributed by atoms with Gasteiger partial charge >= 0.3 is 0 Å². The van der Waals surface area contributed by atoms with E-state index in [1.807, 2.05) is 25.3 Å². The Morgan fingerprint density at radius 2 is 2.03 bits per heavy atom. The van der Waals surface area contributed by atoms with Gasteiger partial charge in [0.25, 0.3) is 5.91 Å². The summed E-state index contributed by atoms with van der Waals surface area (Å²) in [6.07, 6.45) is 2.64. The van der Waals surface area contributed by atoms with E-state index >= 15 is 0 Å². The highest BCUT2D eigenvalue weighted by atomic mass is 35.5. The van der Waals surface area contributed by atoms with E-state index in [1.165, 1.54) is 17.3 Å². The summed E-state index contributed by atoms with van der Waals surface area (Å²) in [5.74, 6) is -0.214. The molecule has 2 aromatic carbocycles. The van der Waals surface area contributed by atoms with Crippen molar-refractivity contribution in [2.75, 3.05) is 18.2 Å². The van der Waals surface area contributed by atoms with Crippen molar-refractivity contribution < 1.29 is 9.53 Å². The predicted octanol–water partition coefficient (Wildman–Crippen LogP) is 5.39. The van der Waals surface area contributed by atoms with Crippen LogP contribution in [0, 0.1) is 0 Å². The lowest BCUT2D eigenvalue weighted by molar-refractivity contribution is 0.0573. The topological polar surface area (TPSA) is 90.1 Å². The zero-order valence-electron chi connectivity index (χ0n) is 17.6. The number of nitrogens with zero attached hydrogens (tertiary/aromatic N) is 2. The van der Waals surface area contributed by atoms with Crippen LogP contribution in [0.2, 0.25) is 10.0 Å². The highest BCUT2D eigenvalue weighted by molar-refractivity contribution is 7.98. The van der Waals surface area contributed by atoms with Gasteiger partial charge in [-0.2, -0.15) is 0 Å². The minimum atomic E-state index is -0.692. The van der Waals surface area contributed by atoms with Crippen LogP contribution in [0.3, 0.4) is 0 Å². The molecule has 1 amide bonds. The van der Waals surface area contributed by atoms with Gasteiger partial charge in [-0.15, -0.1) is 11.8 Å². The molecule has 32 heavy (non-hydrogen) atoms. The van der Waals surface area contributed by atoms with Gasteiger partial charge in [0.1, 0.15) is 10.7 Å². The molecule has 0 fully saturated rings. The largest absolute Gasteiger partial charge is 0.376 e. The van der Waals surface area contributed by atoms with Crippen LogP contribution in [0.1, 0.15) is 34.6 Å². The molecular formula is C23H22Cl2N4O2S. The Balaban J connectivity index is 1.79. The number of nitrogens with two attached hydrogens (primary N) is 1. The van der Waals surface area contributed by atoms with Crippen LogP contribution in [0.15, 0.2) is 47.5 Å². The molecule has 1 aromatic heterocycles. The van der Waals surface area contributed by atoms with Crippen molar-refractivity contribution in [2.45, 2.75) is 30.5 Å². The molecule has 3 aromatic rings. The van der Waals surface area contributed by atoms with E-state index in [0.29, 0.717) is 38.8 Å². The molecule has 2 atom stereocenters. The number of anilines is 1. The first-order valence-corrected chi connectivity index (χ1v) is 12.1. The number of halogens is 2. The van der Waals surface area contributed by atoms with E-state index < -0.39 is 5.91 Å². The van der Waals surface area contributed by atoms with Crippen LogP contribution >= 0.6 is 35.0 Å². The lowest BCUT2D eigenvalue weighted by Crippen LogP contribution is -2.26. The second-order valence-corrected chi connectivity index (χ2v) is 8.92. The molecule has 1 aliphatic rings. The fourth-order valence-electron chi connectivity index (χ4n) is 3.94. The van der Waals surface area contributed by atoms with E-state index in [9.17, 15) is 4.79 Å². The van der Waals surface area contributed by atoms with Gasteiger partial charge in [-0.05, 0) is 42.5 Å². The Kier molecular flexibility index (Phi) is 6.90. The van der Waals surface area contributed by atoms with Gasteiger partial charge in [-0.1, -0.05) is 47.5 Å². The van der Waals surface area contributed by atoms with Crippen LogP contribution < -0.4 is 11.1 Å². The van der Waals surface area contributed by atoms with Crippen LogP contribution in [0.5, 0.6) is 0 Å². The van der Waals surface area contributed by atoms with Crippen molar-refractivity contribution in [1.29, 1.82) is 0 Å². The van der Waals surface area contributed by atoms with Crippen molar-refractivity contribution in [2.24, 2.45) is 5.73 Å². The number of hydrogen-bond donors (Lipinski definition) is 2. The summed E-state index contributed by atoms with van der Waals surface area (Å²) in [5.41, 5.74) is 8.95. The van der Waals surface area contributed by atoms with Crippen molar-refractivity contribution in [1.82, 2.24) is 9.97 Å². The lowest BCUT2D eigenvalue weighted by atomic mass is 10.1. The molecule has 4 rings (SSSR count). The first kappa shape index (κ1) is 22.9. The number of fused-ring (bicyclic) bond motifs is 1. The highest BCUT2D eigenvalue weighted by Crippen LogP contribution is 2.39. The Morgan fingerprint density at radius 1 is 1.25 bits per heavy atom. The van der Waals surface area contributed by atoms with E-state index in [4.69, 9.17) is 38.7 Å². The molecule has 166 valence electrons. The average molecular weight is 489 g/mol. The number of amides is 1. The molecule has 0 saturated carbocycles. The zero-order chi connectivity index (χ0) is 22.8. The third kappa shape index (κ3) is 4.43. The summed E-state index contributed by atoms with van der Waals surface area (Å²) in [6, 6.07) is 13.1. The fraction of sp³-hybridized carbons (Fsp3) is 0.261. The molecule has 0 radical (unpaired) electrons. The van der Waals surface area contributed by atoms with Crippen LogP contribution in [-0.2, 0) is 11.2 Å². The third-order valence-electron chi connectivity index (χ3n) is 5.33. The second kappa shape index (κ2) is 9.67. The summed E-state index contributed by atoms with van der Waals surface area (Å²) in [7, 11) is 0. The van der Waals surface area contributed by atoms with Crippen molar-refractivity contribution in [3.05, 3.63) is 69.3 Å². The first-order chi connectivity index (χ1) is 15.4. The van der Waals surface area contributed by atoms with E-state index in [0.717, 1.165) is 12.0 Å². The Labute approximate surface area is 200 Å². The first-order valence-electron chi connectivity index (χ1n) is 10.1. The van der Waals surface area contributed by atoms with Crippen LogP contribution in [-0.4, -0.2) is 34.8 Å². The number of aromatic nitrogens is 2. The Morgan fingerprint density at radius 3 is 2.72 bits per heavy atom. The van der Waals surface area contributed by atoms with Crippen molar-refractivity contribution in [3.8, 4) is 11.3 Å². The molecule has 9 heteroatoms. The number of primary amides is 1. The van der Waals surface area contributed by atoms with Crippen LogP contribution in [0.4, 0.5) is 5.82 Å². The van der Waals surface area contributed by atoms with Crippen molar-refractivity contribution >= 4 is 46.7 Å². The van der Waals surface area contributed by atoms with Gasteiger partial charge in [0.05, 0.1) is 17.2 Å². The molecular weight excluding hydrogens is 467 g/mol. The maximum Gasteiger partial charge on any atom is 0.269 e. The van der Waals surface area contributed by atoms with Gasteiger partial charge in [0.2, 0.25) is 0 Å². The number of nitrogens with one attached hydrogen (secondary N) is 1. The number of benzene rings is 2. The lowest BCUT2D eigenvalue weighted by Gasteiger charge is -2.24. The van der Waals surface area contributed by atoms with Gasteiger partial charge in [-0.25, -0.2) is 9.97 Å². The molecule has 1 heterocycles.